The molecule has 15 heteroatoms. The summed E-state index contributed by atoms with van der Waals surface area (Å²) in [6.07, 6.45) is -0.467. The molecule has 0 spiro atoms. The molecule has 1 N–H and O–H groups in total. The van der Waals surface area contributed by atoms with Crippen LogP contribution in [0.3, 0.4) is 0 Å². The minimum atomic E-state index is -4.63. The predicted molar refractivity (Wildman–Crippen MR) is 166 cm³/mol. The maximum Gasteiger partial charge on any atom is 0.451 e. The maximum absolute atomic E-state index is 14.9. The first-order valence-electron chi connectivity index (χ1n) is 15.7. The Kier molecular flexibility index (Phi) is 7.57. The Morgan fingerprint density at radius 1 is 1.06 bits per heavy atom. The van der Waals surface area contributed by atoms with Crippen LogP contribution in [0.4, 0.5) is 17.6 Å². The van der Waals surface area contributed by atoms with Gasteiger partial charge in [0.2, 0.25) is 5.82 Å². The van der Waals surface area contributed by atoms with Crippen molar-refractivity contribution in [1.29, 1.82) is 0 Å². The van der Waals surface area contributed by atoms with Gasteiger partial charge in [0.05, 0.1) is 24.8 Å². The highest BCUT2D eigenvalue weighted by Gasteiger charge is 2.43. The van der Waals surface area contributed by atoms with Gasteiger partial charge in [0.15, 0.2) is 23.0 Å². The second-order valence-corrected chi connectivity index (χ2v) is 12.9. The molecule has 3 aliphatic rings. The molecule has 3 aromatic heterocycles. The largest absolute Gasteiger partial charge is 0.451 e. The fourth-order valence-electron chi connectivity index (χ4n) is 6.69. The van der Waals surface area contributed by atoms with E-state index in [2.05, 4.69) is 25.1 Å². The van der Waals surface area contributed by atoms with Crippen LogP contribution < -0.4 is 9.47 Å². The van der Waals surface area contributed by atoms with Crippen molar-refractivity contribution in [3.8, 4) is 22.9 Å². The number of nitrogens with one attached hydrogen (secondary N) is 1. The lowest BCUT2D eigenvalue weighted by molar-refractivity contribution is -0.144. The average molecular weight is 684 g/mol. The van der Waals surface area contributed by atoms with E-state index in [1.807, 2.05) is 22.8 Å². The van der Waals surface area contributed by atoms with E-state index in [1.165, 1.54) is 12.3 Å². The first-order chi connectivity index (χ1) is 23.0. The number of H-pyrrole nitrogens is 1. The SMILES string of the molecule is CC1(c2ccc(Cl)cc2F)Oc2cccc(C3CCN(Cc4nc5cc(-c6nnc(C(F)(F)F)[nH]6)cnc5n4C[C@@H]4CCO4)CC3)c2O1. The van der Waals surface area contributed by atoms with Gasteiger partial charge in [-0.2, -0.15) is 13.2 Å². The van der Waals surface area contributed by atoms with E-state index in [1.54, 1.807) is 25.1 Å². The smallest absolute Gasteiger partial charge is 0.444 e. The second kappa shape index (κ2) is 11.7. The van der Waals surface area contributed by atoms with Crippen LogP contribution in [0.25, 0.3) is 22.6 Å². The molecule has 5 aromatic rings. The van der Waals surface area contributed by atoms with Gasteiger partial charge in [0.1, 0.15) is 17.2 Å². The summed E-state index contributed by atoms with van der Waals surface area (Å²) in [5, 5.41) is 7.20. The number of pyridine rings is 1. The van der Waals surface area contributed by atoms with Crippen LogP contribution in [0.5, 0.6) is 11.5 Å². The summed E-state index contributed by atoms with van der Waals surface area (Å²) in [5.41, 5.74) is 2.84. The third kappa shape index (κ3) is 5.65. The molecule has 0 amide bonds. The Hall–Kier alpha value is -4.27. The molecule has 0 aliphatic carbocycles. The number of alkyl halides is 3. The van der Waals surface area contributed by atoms with Gasteiger partial charge in [0.25, 0.3) is 5.79 Å². The normalized spacial score (nSPS) is 21.6. The van der Waals surface area contributed by atoms with Crippen LogP contribution in [0.1, 0.15) is 54.9 Å². The third-order valence-corrected chi connectivity index (χ3v) is 9.53. The molecule has 10 nitrogen and oxygen atoms in total. The Labute approximate surface area is 277 Å². The van der Waals surface area contributed by atoms with Crippen molar-refractivity contribution in [2.24, 2.45) is 0 Å². The Bertz CT molecular complexity index is 2010. The lowest BCUT2D eigenvalue weighted by Gasteiger charge is -2.33. The number of aromatic nitrogens is 6. The summed E-state index contributed by atoms with van der Waals surface area (Å²) in [6.45, 7) is 5.13. The maximum atomic E-state index is 14.9. The fourth-order valence-corrected chi connectivity index (χ4v) is 6.85. The number of rotatable bonds is 7. The number of fused-ring (bicyclic) bond motifs is 2. The number of piperidine rings is 1. The monoisotopic (exact) mass is 683 g/mol. The number of ether oxygens (including phenoxy) is 3. The summed E-state index contributed by atoms with van der Waals surface area (Å²) >= 11 is 5.97. The van der Waals surface area contributed by atoms with Gasteiger partial charge < -0.3 is 23.8 Å². The molecule has 48 heavy (non-hydrogen) atoms. The van der Waals surface area contributed by atoms with E-state index in [9.17, 15) is 17.6 Å². The fraction of sp³-hybridized carbons (Fsp3) is 0.394. The van der Waals surface area contributed by atoms with Crippen LogP contribution in [0, 0.1) is 5.82 Å². The first kappa shape index (κ1) is 31.0. The molecule has 3 aliphatic heterocycles. The minimum Gasteiger partial charge on any atom is -0.444 e. The number of hydrogen-bond acceptors (Lipinski definition) is 8. The second-order valence-electron chi connectivity index (χ2n) is 12.5. The summed E-state index contributed by atoms with van der Waals surface area (Å²) < 4.78 is 74.4. The number of halogens is 5. The summed E-state index contributed by atoms with van der Waals surface area (Å²) in [7, 11) is 0. The Morgan fingerprint density at radius 3 is 2.58 bits per heavy atom. The van der Waals surface area contributed by atoms with E-state index in [0.717, 1.165) is 43.7 Å². The van der Waals surface area contributed by atoms with Gasteiger partial charge in [0, 0.05) is 35.9 Å². The zero-order chi connectivity index (χ0) is 33.2. The third-order valence-electron chi connectivity index (χ3n) is 9.30. The molecule has 0 saturated carbocycles. The highest BCUT2D eigenvalue weighted by molar-refractivity contribution is 6.30. The zero-order valence-corrected chi connectivity index (χ0v) is 26.5. The van der Waals surface area contributed by atoms with Crippen molar-refractivity contribution in [2.45, 2.75) is 63.3 Å². The Morgan fingerprint density at radius 2 is 1.88 bits per heavy atom. The lowest BCUT2D eigenvalue weighted by Crippen LogP contribution is -2.35. The van der Waals surface area contributed by atoms with Crippen molar-refractivity contribution < 1.29 is 31.8 Å². The number of hydrogen-bond donors (Lipinski definition) is 1. The summed E-state index contributed by atoms with van der Waals surface area (Å²) in [4.78, 5) is 14.0. The van der Waals surface area contributed by atoms with E-state index in [0.29, 0.717) is 52.9 Å². The molecular formula is C33H30ClF4N7O3. The number of nitrogens with zero attached hydrogens (tertiary/aromatic N) is 6. The van der Waals surface area contributed by atoms with Crippen molar-refractivity contribution in [3.63, 3.8) is 0 Å². The standard InChI is InChI=1S/C33H30ClF4N7O3/c1-32(23-6-5-20(34)14-24(23)35)47-26-4-2-3-22(28(26)48-32)18-7-10-44(11-8-18)17-27-40-25-13-19(29-41-31(43-42-29)33(36,37)38)15-39-30(25)45(27)16-21-9-12-46-21/h2-6,13-15,18,21H,7-12,16-17H2,1H3,(H,41,42,43)/t21-,32?/m0/s1. The van der Waals surface area contributed by atoms with E-state index in [-0.39, 0.29) is 23.4 Å². The molecule has 2 aromatic carbocycles. The van der Waals surface area contributed by atoms with Crippen molar-refractivity contribution in [1.82, 2.24) is 34.6 Å². The average Bonchev–Trinajstić information content (AvgIpc) is 3.74. The molecule has 2 atom stereocenters. The number of imidazole rings is 1. The van der Waals surface area contributed by atoms with Crippen LogP contribution >= 0.6 is 11.6 Å². The number of likely N-dealkylation sites (tertiary alicyclic amines) is 1. The van der Waals surface area contributed by atoms with Gasteiger partial charge in [-0.05, 0) is 68.6 Å². The number of para-hydroxylation sites is 1. The molecular weight excluding hydrogens is 654 g/mol. The van der Waals surface area contributed by atoms with Gasteiger partial charge in [-0.25, -0.2) is 14.4 Å². The van der Waals surface area contributed by atoms with E-state index >= 15 is 0 Å². The zero-order valence-electron chi connectivity index (χ0n) is 25.7. The van der Waals surface area contributed by atoms with Crippen LogP contribution in [-0.2, 0) is 29.8 Å². The number of aromatic amines is 1. The predicted octanol–water partition coefficient (Wildman–Crippen LogP) is 6.84. The minimum absolute atomic E-state index is 0.0300. The summed E-state index contributed by atoms with van der Waals surface area (Å²) in [5.74, 6) is -0.809. The quantitative estimate of drug-likeness (QED) is 0.186. The number of benzene rings is 2. The van der Waals surface area contributed by atoms with Gasteiger partial charge in [-0.15, -0.1) is 10.2 Å². The van der Waals surface area contributed by atoms with Gasteiger partial charge in [-0.1, -0.05) is 23.7 Å². The van der Waals surface area contributed by atoms with E-state index < -0.39 is 23.6 Å². The van der Waals surface area contributed by atoms with Crippen molar-refractivity contribution >= 4 is 22.8 Å². The van der Waals surface area contributed by atoms with Crippen LogP contribution in [0.2, 0.25) is 5.02 Å². The molecule has 0 bridgehead atoms. The topological polar surface area (TPSA) is 103 Å². The molecule has 2 saturated heterocycles. The molecule has 0 radical (unpaired) electrons. The molecule has 250 valence electrons. The Balaban J connectivity index is 0.998. The van der Waals surface area contributed by atoms with Crippen LogP contribution in [0.15, 0.2) is 48.7 Å². The summed E-state index contributed by atoms with van der Waals surface area (Å²) in [6, 6.07) is 11.9. The highest BCUT2D eigenvalue weighted by Crippen LogP contribution is 2.50. The molecule has 1 unspecified atom stereocenters. The first-order valence-corrected chi connectivity index (χ1v) is 16.1. The molecule has 6 heterocycles. The van der Waals surface area contributed by atoms with Gasteiger partial charge >= 0.3 is 6.18 Å². The molecule has 8 rings (SSSR count). The molecule has 2 fully saturated rings. The van der Waals surface area contributed by atoms with Gasteiger partial charge in [-0.3, -0.25) is 4.90 Å². The van der Waals surface area contributed by atoms with E-state index in [4.69, 9.17) is 30.8 Å². The van der Waals surface area contributed by atoms with Crippen molar-refractivity contribution in [2.75, 3.05) is 19.7 Å². The highest BCUT2D eigenvalue weighted by atomic mass is 35.5. The lowest BCUT2D eigenvalue weighted by atomic mass is 9.88. The van der Waals surface area contributed by atoms with Crippen LogP contribution in [-0.4, -0.2) is 60.4 Å². The van der Waals surface area contributed by atoms with Crippen molar-refractivity contribution in [3.05, 3.63) is 82.3 Å².